The Kier molecular flexibility index (Phi) is 6.25. The largest absolute Gasteiger partial charge is 0.352 e. The molecule has 3 aromatic rings. The monoisotopic (exact) mass is 407 g/mol. The van der Waals surface area contributed by atoms with Crippen molar-refractivity contribution in [3.8, 4) is 5.69 Å². The van der Waals surface area contributed by atoms with E-state index in [-0.39, 0.29) is 24.1 Å². The minimum absolute atomic E-state index is 0.0104. The zero-order valence-electron chi connectivity index (χ0n) is 18.2. The van der Waals surface area contributed by atoms with Crippen LogP contribution in [0.25, 0.3) is 16.6 Å². The van der Waals surface area contributed by atoms with Crippen molar-refractivity contribution in [3.05, 3.63) is 74.4 Å². The maximum absolute atomic E-state index is 13.3. The minimum Gasteiger partial charge on any atom is -0.352 e. The molecule has 0 spiro atoms. The van der Waals surface area contributed by atoms with Gasteiger partial charge in [0.1, 0.15) is 6.54 Å². The lowest BCUT2D eigenvalue weighted by molar-refractivity contribution is -0.122. The van der Waals surface area contributed by atoms with Crippen LogP contribution in [-0.2, 0) is 11.3 Å². The van der Waals surface area contributed by atoms with Crippen LogP contribution in [-0.4, -0.2) is 21.1 Å². The molecule has 0 saturated carbocycles. The third kappa shape index (κ3) is 4.22. The Balaban J connectivity index is 2.21. The molecule has 1 heterocycles. The van der Waals surface area contributed by atoms with Gasteiger partial charge in [0, 0.05) is 6.04 Å². The zero-order chi connectivity index (χ0) is 22.0. The Morgan fingerprint density at radius 3 is 2.30 bits per heavy atom. The van der Waals surface area contributed by atoms with E-state index >= 15 is 0 Å². The number of benzene rings is 2. The number of rotatable bonds is 6. The molecule has 3 rings (SSSR count). The summed E-state index contributed by atoms with van der Waals surface area (Å²) in [5.74, 6) is 0.0876. The van der Waals surface area contributed by atoms with Crippen LogP contribution in [0.1, 0.15) is 51.2 Å². The summed E-state index contributed by atoms with van der Waals surface area (Å²) >= 11 is 0. The number of fused-ring (bicyclic) bond motifs is 1. The molecule has 0 aliphatic rings. The topological polar surface area (TPSA) is 73.1 Å². The molecule has 0 saturated heterocycles. The highest BCUT2D eigenvalue weighted by atomic mass is 16.2. The van der Waals surface area contributed by atoms with Gasteiger partial charge in [0.2, 0.25) is 5.91 Å². The number of amides is 1. The molecule has 0 aliphatic carbocycles. The fraction of sp³-hybridized carbons (Fsp3) is 0.375. The lowest BCUT2D eigenvalue weighted by atomic mass is 10.0. The van der Waals surface area contributed by atoms with Crippen LogP contribution < -0.4 is 16.6 Å². The number of carbonyl (C=O) groups is 1. The predicted octanol–water partition coefficient (Wildman–Crippen LogP) is 3.50. The first kappa shape index (κ1) is 21.6. The second kappa shape index (κ2) is 8.69. The molecule has 0 fully saturated rings. The molecule has 1 aromatic heterocycles. The highest BCUT2D eigenvalue weighted by Crippen LogP contribution is 2.17. The standard InChI is InChI=1S/C24H29N3O3/c1-6-17(5)25-22(28)14-26-21-12-7-16(4)13-20(21)23(29)27(24(26)30)19-10-8-18(9-11-19)15(2)3/h7-13,15,17H,6,14H2,1-5H3,(H,25,28). The van der Waals surface area contributed by atoms with Gasteiger partial charge in [-0.3, -0.25) is 14.2 Å². The van der Waals surface area contributed by atoms with Crippen molar-refractivity contribution in [2.45, 2.75) is 59.5 Å². The molecule has 1 amide bonds. The molecular formula is C24H29N3O3. The minimum atomic E-state index is -0.520. The number of nitrogens with one attached hydrogen (secondary N) is 1. The number of aromatic nitrogens is 2. The summed E-state index contributed by atoms with van der Waals surface area (Å²) in [4.78, 5) is 39.1. The van der Waals surface area contributed by atoms with Gasteiger partial charge < -0.3 is 5.32 Å². The van der Waals surface area contributed by atoms with E-state index in [9.17, 15) is 14.4 Å². The van der Waals surface area contributed by atoms with Crippen LogP contribution in [0.15, 0.2) is 52.1 Å². The summed E-state index contributed by atoms with van der Waals surface area (Å²) in [6, 6.07) is 12.8. The molecule has 0 bridgehead atoms. The maximum atomic E-state index is 13.3. The van der Waals surface area contributed by atoms with Gasteiger partial charge in [-0.2, -0.15) is 0 Å². The number of carbonyl (C=O) groups excluding carboxylic acids is 1. The van der Waals surface area contributed by atoms with Crippen LogP contribution >= 0.6 is 0 Å². The van der Waals surface area contributed by atoms with Gasteiger partial charge >= 0.3 is 5.69 Å². The lowest BCUT2D eigenvalue weighted by Gasteiger charge is -2.16. The Morgan fingerprint density at radius 1 is 1.03 bits per heavy atom. The van der Waals surface area contributed by atoms with E-state index in [4.69, 9.17) is 0 Å². The third-order valence-corrected chi connectivity index (χ3v) is 5.44. The van der Waals surface area contributed by atoms with Gasteiger partial charge in [0.25, 0.3) is 5.56 Å². The molecule has 6 nitrogen and oxygen atoms in total. The smallest absolute Gasteiger partial charge is 0.336 e. The van der Waals surface area contributed by atoms with E-state index in [2.05, 4.69) is 19.2 Å². The molecule has 30 heavy (non-hydrogen) atoms. The fourth-order valence-electron chi connectivity index (χ4n) is 3.44. The highest BCUT2D eigenvalue weighted by molar-refractivity contribution is 5.82. The van der Waals surface area contributed by atoms with Crippen LogP contribution in [0.5, 0.6) is 0 Å². The van der Waals surface area contributed by atoms with Crippen LogP contribution in [0, 0.1) is 6.92 Å². The Morgan fingerprint density at radius 2 is 1.70 bits per heavy atom. The van der Waals surface area contributed by atoms with Gasteiger partial charge in [-0.1, -0.05) is 44.5 Å². The highest BCUT2D eigenvalue weighted by Gasteiger charge is 2.17. The van der Waals surface area contributed by atoms with Gasteiger partial charge in [-0.25, -0.2) is 9.36 Å². The van der Waals surface area contributed by atoms with Crippen molar-refractivity contribution in [3.63, 3.8) is 0 Å². The molecule has 1 atom stereocenters. The van der Waals surface area contributed by atoms with Crippen molar-refractivity contribution in [2.75, 3.05) is 0 Å². The maximum Gasteiger partial charge on any atom is 0.336 e. The number of hydrogen-bond donors (Lipinski definition) is 1. The Hall–Kier alpha value is -3.15. The number of nitrogens with zero attached hydrogens (tertiary/aromatic N) is 2. The SMILES string of the molecule is CCC(C)NC(=O)Cn1c(=O)n(-c2ccc(C(C)C)cc2)c(=O)c2cc(C)ccc21. The van der Waals surface area contributed by atoms with Gasteiger partial charge in [0.15, 0.2) is 0 Å². The third-order valence-electron chi connectivity index (χ3n) is 5.44. The number of hydrogen-bond acceptors (Lipinski definition) is 3. The van der Waals surface area contributed by atoms with Crippen LogP contribution in [0.4, 0.5) is 0 Å². The summed E-state index contributed by atoms with van der Waals surface area (Å²) in [6.45, 7) is 9.82. The lowest BCUT2D eigenvalue weighted by Crippen LogP contribution is -2.43. The molecule has 0 radical (unpaired) electrons. The Labute approximate surface area is 176 Å². The van der Waals surface area contributed by atoms with Crippen molar-refractivity contribution >= 4 is 16.8 Å². The molecule has 1 N–H and O–H groups in total. The van der Waals surface area contributed by atoms with Crippen molar-refractivity contribution < 1.29 is 4.79 Å². The van der Waals surface area contributed by atoms with E-state index in [0.29, 0.717) is 22.5 Å². The van der Waals surface area contributed by atoms with E-state index in [1.54, 1.807) is 24.3 Å². The number of aryl methyl sites for hydroxylation is 1. The summed E-state index contributed by atoms with van der Waals surface area (Å²) in [5.41, 5.74) is 2.09. The van der Waals surface area contributed by atoms with Crippen molar-refractivity contribution in [1.82, 2.24) is 14.5 Å². The summed E-state index contributed by atoms with van der Waals surface area (Å²) in [7, 11) is 0. The molecule has 0 aliphatic heterocycles. The average molecular weight is 408 g/mol. The van der Waals surface area contributed by atoms with Crippen molar-refractivity contribution in [1.29, 1.82) is 0 Å². The van der Waals surface area contributed by atoms with E-state index in [0.717, 1.165) is 22.1 Å². The van der Waals surface area contributed by atoms with Crippen molar-refractivity contribution in [2.24, 2.45) is 0 Å². The predicted molar refractivity (Wildman–Crippen MR) is 121 cm³/mol. The average Bonchev–Trinajstić information content (AvgIpc) is 2.71. The van der Waals surface area contributed by atoms with Gasteiger partial charge in [0.05, 0.1) is 16.6 Å². The fourth-order valence-corrected chi connectivity index (χ4v) is 3.44. The molecule has 6 heteroatoms. The zero-order valence-corrected chi connectivity index (χ0v) is 18.2. The quantitative estimate of drug-likeness (QED) is 0.680. The molecule has 158 valence electrons. The first-order valence-corrected chi connectivity index (χ1v) is 10.4. The second-order valence-electron chi connectivity index (χ2n) is 8.15. The first-order chi connectivity index (χ1) is 14.2. The summed E-state index contributed by atoms with van der Waals surface area (Å²) < 4.78 is 2.53. The van der Waals surface area contributed by atoms with Crippen LogP contribution in [0.2, 0.25) is 0 Å². The van der Waals surface area contributed by atoms with E-state index in [1.807, 2.05) is 39.0 Å². The molecule has 2 aromatic carbocycles. The van der Waals surface area contributed by atoms with Crippen LogP contribution in [0.3, 0.4) is 0 Å². The Bertz CT molecular complexity index is 1190. The normalized spacial score (nSPS) is 12.3. The summed E-state index contributed by atoms with van der Waals surface area (Å²) in [6.07, 6.45) is 0.794. The van der Waals surface area contributed by atoms with E-state index in [1.165, 1.54) is 4.57 Å². The summed E-state index contributed by atoms with van der Waals surface area (Å²) in [5, 5.41) is 3.30. The van der Waals surface area contributed by atoms with Gasteiger partial charge in [-0.05, 0) is 56.0 Å². The molecular weight excluding hydrogens is 378 g/mol. The second-order valence-corrected chi connectivity index (χ2v) is 8.15. The van der Waals surface area contributed by atoms with E-state index < -0.39 is 5.69 Å². The first-order valence-electron chi connectivity index (χ1n) is 10.4. The van der Waals surface area contributed by atoms with Gasteiger partial charge in [-0.15, -0.1) is 0 Å². The molecule has 1 unspecified atom stereocenters.